The zero-order chi connectivity index (χ0) is 19.8. The number of benzene rings is 3. The Morgan fingerprint density at radius 3 is 1.93 bits per heavy atom. The highest BCUT2D eigenvalue weighted by Crippen LogP contribution is 2.22. The van der Waals surface area contributed by atoms with Gasteiger partial charge in [-0.15, -0.1) is 0 Å². The predicted molar refractivity (Wildman–Crippen MR) is 107 cm³/mol. The molecule has 0 aliphatic carbocycles. The van der Waals surface area contributed by atoms with Gasteiger partial charge in [-0.2, -0.15) is 5.26 Å². The van der Waals surface area contributed by atoms with Gasteiger partial charge in [0, 0.05) is 11.9 Å². The molecule has 5 heteroatoms. The molecule has 138 valence electrons. The molecule has 0 aromatic heterocycles. The Hall–Kier alpha value is -3.91. The zero-order valence-corrected chi connectivity index (χ0v) is 15.0. The smallest absolute Gasteiger partial charge is 0.267 e. The third-order valence-corrected chi connectivity index (χ3v) is 4.13. The van der Waals surface area contributed by atoms with Gasteiger partial charge < -0.3 is 10.6 Å². The van der Waals surface area contributed by atoms with Crippen molar-refractivity contribution in [2.45, 2.75) is 6.04 Å². The summed E-state index contributed by atoms with van der Waals surface area (Å²) in [5.74, 6) is -0.967. The Bertz CT molecular complexity index is 954. The molecule has 0 aliphatic heterocycles. The van der Waals surface area contributed by atoms with Crippen LogP contribution in [0.2, 0.25) is 0 Å². The van der Waals surface area contributed by atoms with E-state index in [1.165, 1.54) is 30.5 Å². The summed E-state index contributed by atoms with van der Waals surface area (Å²) in [6.07, 6.45) is 1.41. The van der Waals surface area contributed by atoms with Gasteiger partial charge in [0.25, 0.3) is 5.91 Å². The van der Waals surface area contributed by atoms with Crippen molar-refractivity contribution in [3.63, 3.8) is 0 Å². The number of carbonyl (C=O) groups excluding carboxylic acids is 1. The minimum absolute atomic E-state index is 0.0822. The Labute approximate surface area is 163 Å². The van der Waals surface area contributed by atoms with E-state index in [0.29, 0.717) is 5.69 Å². The maximum atomic E-state index is 13.0. The van der Waals surface area contributed by atoms with E-state index >= 15 is 0 Å². The monoisotopic (exact) mass is 371 g/mol. The number of nitriles is 1. The lowest BCUT2D eigenvalue weighted by molar-refractivity contribution is -0.112. The highest BCUT2D eigenvalue weighted by molar-refractivity contribution is 6.06. The number of carbonyl (C=O) groups is 1. The maximum Gasteiger partial charge on any atom is 0.267 e. The molecule has 0 bridgehead atoms. The molecule has 3 rings (SSSR count). The average Bonchev–Trinajstić information content (AvgIpc) is 2.74. The zero-order valence-electron chi connectivity index (χ0n) is 15.0. The van der Waals surface area contributed by atoms with Gasteiger partial charge in [0.05, 0.1) is 6.04 Å². The Balaban J connectivity index is 1.81. The van der Waals surface area contributed by atoms with Crippen LogP contribution in [-0.4, -0.2) is 5.91 Å². The van der Waals surface area contributed by atoms with E-state index in [1.54, 1.807) is 0 Å². The fourth-order valence-corrected chi connectivity index (χ4v) is 2.72. The van der Waals surface area contributed by atoms with Crippen LogP contribution in [0.15, 0.2) is 96.7 Å². The second kappa shape index (κ2) is 9.15. The van der Waals surface area contributed by atoms with E-state index in [2.05, 4.69) is 10.6 Å². The van der Waals surface area contributed by atoms with Crippen LogP contribution in [0.25, 0.3) is 0 Å². The molecule has 4 nitrogen and oxygen atoms in total. The first-order valence-electron chi connectivity index (χ1n) is 8.70. The maximum absolute atomic E-state index is 13.0. The Morgan fingerprint density at radius 2 is 1.43 bits per heavy atom. The number of hydrogen-bond acceptors (Lipinski definition) is 3. The molecule has 3 aromatic carbocycles. The van der Waals surface area contributed by atoms with E-state index in [-0.39, 0.29) is 11.6 Å². The van der Waals surface area contributed by atoms with Gasteiger partial charge in [-0.1, -0.05) is 60.7 Å². The van der Waals surface area contributed by atoms with Crippen molar-refractivity contribution in [1.82, 2.24) is 5.32 Å². The molecule has 28 heavy (non-hydrogen) atoms. The summed E-state index contributed by atoms with van der Waals surface area (Å²) in [6, 6.07) is 26.5. The van der Waals surface area contributed by atoms with Gasteiger partial charge in [-0.05, 0) is 35.4 Å². The molecule has 0 heterocycles. The normalized spacial score (nSPS) is 11.0. The van der Waals surface area contributed by atoms with Crippen LogP contribution in [0.3, 0.4) is 0 Å². The van der Waals surface area contributed by atoms with Crippen molar-refractivity contribution >= 4 is 11.6 Å². The molecule has 0 saturated heterocycles. The van der Waals surface area contributed by atoms with E-state index in [0.717, 1.165) is 11.1 Å². The number of anilines is 1. The van der Waals surface area contributed by atoms with Gasteiger partial charge in [0.1, 0.15) is 17.5 Å². The van der Waals surface area contributed by atoms with Gasteiger partial charge >= 0.3 is 0 Å². The SMILES string of the molecule is N#C/C(=C/NC(c1ccccc1)c1ccccc1)C(=O)Nc1ccc(F)cc1. The summed E-state index contributed by atoms with van der Waals surface area (Å²) < 4.78 is 13.0. The minimum Gasteiger partial charge on any atom is -0.379 e. The summed E-state index contributed by atoms with van der Waals surface area (Å²) in [6.45, 7) is 0. The van der Waals surface area contributed by atoms with Crippen LogP contribution in [0, 0.1) is 17.1 Å². The largest absolute Gasteiger partial charge is 0.379 e. The van der Waals surface area contributed by atoms with Gasteiger partial charge in [0.2, 0.25) is 0 Å². The number of rotatable bonds is 6. The molecule has 0 saturated carbocycles. The molecule has 2 N–H and O–H groups in total. The molecule has 1 amide bonds. The lowest BCUT2D eigenvalue weighted by Gasteiger charge is -2.19. The number of halogens is 1. The number of nitrogens with one attached hydrogen (secondary N) is 2. The second-order valence-electron chi connectivity index (χ2n) is 6.05. The van der Waals surface area contributed by atoms with Crippen molar-refractivity contribution in [2.75, 3.05) is 5.32 Å². The molecular formula is C23H18FN3O. The first-order valence-corrected chi connectivity index (χ1v) is 8.70. The first-order chi connectivity index (χ1) is 13.7. The summed E-state index contributed by atoms with van der Waals surface area (Å²) >= 11 is 0. The molecule has 0 aliphatic rings. The van der Waals surface area contributed by atoms with E-state index in [4.69, 9.17) is 0 Å². The third kappa shape index (κ3) is 4.83. The van der Waals surface area contributed by atoms with Gasteiger partial charge in [0.15, 0.2) is 0 Å². The summed E-state index contributed by atoms with van der Waals surface area (Å²) in [7, 11) is 0. The topological polar surface area (TPSA) is 64.9 Å². The average molecular weight is 371 g/mol. The quantitative estimate of drug-likeness (QED) is 0.493. The third-order valence-electron chi connectivity index (χ3n) is 4.13. The highest BCUT2D eigenvalue weighted by Gasteiger charge is 2.14. The Morgan fingerprint density at radius 1 is 0.893 bits per heavy atom. The van der Waals surface area contributed by atoms with Crippen molar-refractivity contribution in [3.05, 3.63) is 114 Å². The molecular weight excluding hydrogens is 353 g/mol. The molecule has 0 radical (unpaired) electrons. The summed E-state index contributed by atoms with van der Waals surface area (Å²) in [4.78, 5) is 12.4. The van der Waals surface area contributed by atoms with E-state index in [9.17, 15) is 14.4 Å². The number of nitrogens with zero attached hydrogens (tertiary/aromatic N) is 1. The molecule has 3 aromatic rings. The van der Waals surface area contributed by atoms with Crippen molar-refractivity contribution in [2.24, 2.45) is 0 Å². The van der Waals surface area contributed by atoms with Crippen molar-refractivity contribution < 1.29 is 9.18 Å². The van der Waals surface area contributed by atoms with Crippen LogP contribution >= 0.6 is 0 Å². The fraction of sp³-hybridized carbons (Fsp3) is 0.0435. The van der Waals surface area contributed by atoms with Crippen LogP contribution in [0.1, 0.15) is 17.2 Å². The lowest BCUT2D eigenvalue weighted by Crippen LogP contribution is -2.21. The first kappa shape index (κ1) is 18.9. The Kier molecular flexibility index (Phi) is 6.17. The number of hydrogen-bond donors (Lipinski definition) is 2. The van der Waals surface area contributed by atoms with Crippen molar-refractivity contribution in [1.29, 1.82) is 5.26 Å². The van der Waals surface area contributed by atoms with Gasteiger partial charge in [-0.3, -0.25) is 4.79 Å². The molecule has 0 spiro atoms. The fourth-order valence-electron chi connectivity index (χ4n) is 2.72. The van der Waals surface area contributed by atoms with Crippen LogP contribution in [-0.2, 0) is 4.79 Å². The van der Waals surface area contributed by atoms with Crippen LogP contribution in [0.4, 0.5) is 10.1 Å². The molecule has 0 fully saturated rings. The number of amides is 1. The lowest BCUT2D eigenvalue weighted by atomic mass is 9.99. The van der Waals surface area contributed by atoms with Gasteiger partial charge in [-0.25, -0.2) is 4.39 Å². The highest BCUT2D eigenvalue weighted by atomic mass is 19.1. The molecule has 0 atom stereocenters. The predicted octanol–water partition coefficient (Wildman–Crippen LogP) is 4.55. The second-order valence-corrected chi connectivity index (χ2v) is 6.05. The van der Waals surface area contributed by atoms with Crippen LogP contribution in [0.5, 0.6) is 0 Å². The van der Waals surface area contributed by atoms with Crippen molar-refractivity contribution in [3.8, 4) is 6.07 Å². The minimum atomic E-state index is -0.568. The summed E-state index contributed by atoms with van der Waals surface area (Å²) in [5.41, 5.74) is 2.33. The summed E-state index contributed by atoms with van der Waals surface area (Å²) in [5, 5.41) is 15.2. The van der Waals surface area contributed by atoms with Crippen LogP contribution < -0.4 is 10.6 Å². The van der Waals surface area contributed by atoms with E-state index < -0.39 is 11.7 Å². The molecule has 0 unspecified atom stereocenters. The standard InChI is InChI=1S/C23H18FN3O/c24-20-11-13-21(14-12-20)27-23(28)19(15-25)16-26-22(17-7-3-1-4-8-17)18-9-5-2-6-10-18/h1-14,16,22,26H,(H,27,28)/b19-16-. The van der Waals surface area contributed by atoms with E-state index in [1.807, 2.05) is 66.7 Å².